The topological polar surface area (TPSA) is 56.6 Å². The summed E-state index contributed by atoms with van der Waals surface area (Å²) in [5, 5.41) is 4.59. The van der Waals surface area contributed by atoms with Crippen molar-refractivity contribution < 1.29 is 14.3 Å². The zero-order valence-electron chi connectivity index (χ0n) is 16.5. The first-order chi connectivity index (χ1) is 13.0. The van der Waals surface area contributed by atoms with Crippen molar-refractivity contribution in [2.24, 2.45) is 7.05 Å². The van der Waals surface area contributed by atoms with Gasteiger partial charge in [0, 0.05) is 32.1 Å². The maximum atomic E-state index is 13.4. The number of aryl methyl sites for hydroxylation is 2. The van der Waals surface area contributed by atoms with E-state index < -0.39 is 0 Å². The monoisotopic (exact) mass is 369 g/mol. The average Bonchev–Trinajstić information content (AvgIpc) is 2.84. The molecule has 3 heterocycles. The number of carbonyl (C=O) groups excluding carboxylic acids is 1. The third-order valence-corrected chi connectivity index (χ3v) is 5.65. The highest BCUT2D eigenvalue weighted by Crippen LogP contribution is 2.33. The fourth-order valence-corrected chi connectivity index (χ4v) is 4.40. The molecular weight excluding hydrogens is 342 g/mol. The molecule has 0 bridgehead atoms. The van der Waals surface area contributed by atoms with Gasteiger partial charge in [0.1, 0.15) is 5.75 Å². The molecular formula is C21H27N3O3. The molecule has 0 N–H and O–H groups in total. The summed E-state index contributed by atoms with van der Waals surface area (Å²) >= 11 is 0. The molecule has 144 valence electrons. The van der Waals surface area contributed by atoms with Crippen LogP contribution in [0.1, 0.15) is 59.2 Å². The first kappa shape index (κ1) is 18.0. The van der Waals surface area contributed by atoms with Gasteiger partial charge in [-0.25, -0.2) is 0 Å². The minimum atomic E-state index is -0.0416. The molecule has 0 unspecified atom stereocenters. The Balaban J connectivity index is 1.64. The summed E-state index contributed by atoms with van der Waals surface area (Å²) in [7, 11) is 3.58. The van der Waals surface area contributed by atoms with Crippen molar-refractivity contribution in [3.63, 3.8) is 0 Å². The second kappa shape index (κ2) is 7.00. The van der Waals surface area contributed by atoms with Crippen molar-refractivity contribution in [3.8, 4) is 5.75 Å². The lowest BCUT2D eigenvalue weighted by molar-refractivity contribution is -0.00906. The van der Waals surface area contributed by atoms with Crippen LogP contribution in [-0.4, -0.2) is 40.3 Å². The smallest absolute Gasteiger partial charge is 0.274 e. The van der Waals surface area contributed by atoms with Crippen LogP contribution < -0.4 is 4.74 Å². The van der Waals surface area contributed by atoms with Gasteiger partial charge < -0.3 is 14.4 Å². The van der Waals surface area contributed by atoms with E-state index in [1.54, 1.807) is 7.11 Å². The highest BCUT2D eigenvalue weighted by molar-refractivity contribution is 5.94. The number of benzene rings is 1. The molecule has 0 spiro atoms. The van der Waals surface area contributed by atoms with Crippen LogP contribution in [0.3, 0.4) is 0 Å². The first-order valence-corrected chi connectivity index (χ1v) is 9.64. The summed E-state index contributed by atoms with van der Waals surface area (Å²) < 4.78 is 13.1. The van der Waals surface area contributed by atoms with Crippen LogP contribution in [0.4, 0.5) is 0 Å². The largest absolute Gasteiger partial charge is 0.497 e. The standard InChI is InChI=1S/C21H27N3O3/c1-13-10-18-19(22-23(3)20(18)14(2)27-13)21(25)24-9-5-6-15-11-17(26-4)8-7-16(15)12-24/h7-8,11,13-14H,5-6,9-10,12H2,1-4H3/t13-,14+/m0/s1. The van der Waals surface area contributed by atoms with Gasteiger partial charge in [-0.15, -0.1) is 0 Å². The summed E-state index contributed by atoms with van der Waals surface area (Å²) in [5.74, 6) is 0.895. The average molecular weight is 369 g/mol. The first-order valence-electron chi connectivity index (χ1n) is 9.64. The Bertz CT molecular complexity index is 874. The lowest BCUT2D eigenvalue weighted by atomic mass is 9.99. The predicted octanol–water partition coefficient (Wildman–Crippen LogP) is 3.04. The lowest BCUT2D eigenvalue weighted by Gasteiger charge is -2.27. The van der Waals surface area contributed by atoms with Gasteiger partial charge in [0.25, 0.3) is 5.91 Å². The SMILES string of the molecule is COc1ccc2c(c1)CCCN(C(=O)c1nn(C)c3c1C[C@H](C)O[C@@H]3C)C2. The minimum absolute atomic E-state index is 0.0248. The number of rotatable bonds is 2. The lowest BCUT2D eigenvalue weighted by Crippen LogP contribution is -2.32. The van der Waals surface area contributed by atoms with Crippen molar-refractivity contribution in [2.75, 3.05) is 13.7 Å². The zero-order chi connectivity index (χ0) is 19.1. The summed E-state index contributed by atoms with van der Waals surface area (Å²) in [6.07, 6.45) is 2.69. The molecule has 2 aromatic rings. The number of ether oxygens (including phenoxy) is 2. The quantitative estimate of drug-likeness (QED) is 0.816. The van der Waals surface area contributed by atoms with Gasteiger partial charge in [0.05, 0.1) is 25.0 Å². The van der Waals surface area contributed by atoms with Crippen molar-refractivity contribution in [2.45, 2.75) is 51.9 Å². The number of nitrogens with zero attached hydrogens (tertiary/aromatic N) is 3. The molecule has 0 aliphatic carbocycles. The molecule has 1 aromatic heterocycles. The Morgan fingerprint density at radius 3 is 2.89 bits per heavy atom. The molecule has 2 aliphatic heterocycles. The van der Waals surface area contributed by atoms with Crippen LogP contribution in [0.5, 0.6) is 5.75 Å². The summed E-state index contributed by atoms with van der Waals surface area (Å²) in [6.45, 7) is 5.43. The molecule has 0 radical (unpaired) electrons. The molecule has 6 heteroatoms. The van der Waals surface area contributed by atoms with Gasteiger partial charge in [-0.2, -0.15) is 5.10 Å². The maximum Gasteiger partial charge on any atom is 0.274 e. The Morgan fingerprint density at radius 2 is 2.11 bits per heavy atom. The van der Waals surface area contributed by atoms with Crippen LogP contribution >= 0.6 is 0 Å². The molecule has 4 rings (SSSR count). The highest BCUT2D eigenvalue weighted by Gasteiger charge is 2.33. The highest BCUT2D eigenvalue weighted by atomic mass is 16.5. The third-order valence-electron chi connectivity index (χ3n) is 5.65. The normalized spacial score (nSPS) is 22.0. The van der Waals surface area contributed by atoms with Crippen molar-refractivity contribution in [3.05, 3.63) is 46.3 Å². The van der Waals surface area contributed by atoms with E-state index in [1.807, 2.05) is 29.6 Å². The molecule has 1 amide bonds. The van der Waals surface area contributed by atoms with E-state index in [2.05, 4.69) is 24.2 Å². The van der Waals surface area contributed by atoms with Crippen molar-refractivity contribution >= 4 is 5.91 Å². The zero-order valence-corrected chi connectivity index (χ0v) is 16.5. The summed E-state index contributed by atoms with van der Waals surface area (Å²) in [5.41, 5.74) is 5.12. The molecule has 1 aromatic carbocycles. The van der Waals surface area contributed by atoms with Crippen LogP contribution in [0, 0.1) is 0 Å². The van der Waals surface area contributed by atoms with E-state index in [0.29, 0.717) is 12.2 Å². The molecule has 0 saturated heterocycles. The minimum Gasteiger partial charge on any atom is -0.497 e. The van der Waals surface area contributed by atoms with E-state index >= 15 is 0 Å². The van der Waals surface area contributed by atoms with Crippen LogP contribution in [0.25, 0.3) is 0 Å². The fraction of sp³-hybridized carbons (Fsp3) is 0.524. The molecule has 2 atom stereocenters. The molecule has 2 aliphatic rings. The van der Waals surface area contributed by atoms with E-state index in [0.717, 1.165) is 42.8 Å². The van der Waals surface area contributed by atoms with Gasteiger partial charge in [0.15, 0.2) is 5.69 Å². The van der Waals surface area contributed by atoms with E-state index in [1.165, 1.54) is 11.1 Å². The Kier molecular flexibility index (Phi) is 4.68. The van der Waals surface area contributed by atoms with Gasteiger partial charge in [-0.3, -0.25) is 9.48 Å². The Morgan fingerprint density at radius 1 is 1.30 bits per heavy atom. The number of fused-ring (bicyclic) bond motifs is 2. The molecule has 6 nitrogen and oxygen atoms in total. The summed E-state index contributed by atoms with van der Waals surface area (Å²) in [6, 6.07) is 6.13. The second-order valence-corrected chi connectivity index (χ2v) is 7.59. The van der Waals surface area contributed by atoms with E-state index in [9.17, 15) is 4.79 Å². The fourth-order valence-electron chi connectivity index (χ4n) is 4.40. The number of hydrogen-bond donors (Lipinski definition) is 0. The Labute approximate surface area is 160 Å². The Hall–Kier alpha value is -2.34. The van der Waals surface area contributed by atoms with Crippen LogP contribution in [0.2, 0.25) is 0 Å². The summed E-state index contributed by atoms with van der Waals surface area (Å²) in [4.78, 5) is 15.3. The van der Waals surface area contributed by atoms with Crippen molar-refractivity contribution in [1.29, 1.82) is 0 Å². The van der Waals surface area contributed by atoms with Gasteiger partial charge in [-0.05, 0) is 49.9 Å². The number of amides is 1. The van der Waals surface area contributed by atoms with Crippen molar-refractivity contribution in [1.82, 2.24) is 14.7 Å². The third kappa shape index (κ3) is 3.23. The van der Waals surface area contributed by atoms with Gasteiger partial charge in [-0.1, -0.05) is 6.07 Å². The number of carbonyl (C=O) groups is 1. The molecule has 27 heavy (non-hydrogen) atoms. The van der Waals surface area contributed by atoms with Gasteiger partial charge in [0.2, 0.25) is 0 Å². The van der Waals surface area contributed by atoms with E-state index in [4.69, 9.17) is 9.47 Å². The maximum absolute atomic E-state index is 13.4. The molecule has 0 saturated carbocycles. The predicted molar refractivity (Wildman–Crippen MR) is 102 cm³/mol. The number of methoxy groups -OCH3 is 1. The van der Waals surface area contributed by atoms with Crippen LogP contribution in [0.15, 0.2) is 18.2 Å². The van der Waals surface area contributed by atoms with Crippen LogP contribution in [-0.2, 0) is 31.2 Å². The number of hydrogen-bond acceptors (Lipinski definition) is 4. The van der Waals surface area contributed by atoms with Gasteiger partial charge >= 0.3 is 0 Å². The second-order valence-electron chi connectivity index (χ2n) is 7.59. The molecule has 0 fully saturated rings. The van der Waals surface area contributed by atoms with E-state index in [-0.39, 0.29) is 18.1 Å². The number of aromatic nitrogens is 2.